The Morgan fingerprint density at radius 2 is 2.17 bits per heavy atom. The van der Waals surface area contributed by atoms with Gasteiger partial charge in [0.1, 0.15) is 11.7 Å². The van der Waals surface area contributed by atoms with Gasteiger partial charge in [0, 0.05) is 19.3 Å². The van der Waals surface area contributed by atoms with Crippen LogP contribution in [0.5, 0.6) is 0 Å². The zero-order valence-corrected chi connectivity index (χ0v) is 13.1. The molecular weight excluding hydrogens is 300 g/mol. The first-order valence-corrected chi connectivity index (χ1v) is 6.97. The Hall–Kier alpha value is -2.90. The summed E-state index contributed by atoms with van der Waals surface area (Å²) < 4.78 is 9.69. The third kappa shape index (κ3) is 4.29. The number of nitrogens with one attached hydrogen (secondary N) is 1. The highest BCUT2D eigenvalue weighted by atomic mass is 16.5. The van der Waals surface area contributed by atoms with E-state index in [9.17, 15) is 9.59 Å². The summed E-state index contributed by atoms with van der Waals surface area (Å²) in [4.78, 5) is 28.9. The molecule has 0 unspecified atom stereocenters. The van der Waals surface area contributed by atoms with Crippen LogP contribution in [0, 0.1) is 0 Å². The fourth-order valence-electron chi connectivity index (χ4n) is 1.96. The minimum Gasteiger partial charge on any atom is -0.453 e. The smallest absolute Gasteiger partial charge is 0.407 e. The summed E-state index contributed by atoms with van der Waals surface area (Å²) in [5, 5.41) is 6.36. The van der Waals surface area contributed by atoms with Gasteiger partial charge >= 0.3 is 6.09 Å². The van der Waals surface area contributed by atoms with Gasteiger partial charge in [-0.05, 0) is 19.1 Å². The topological polar surface area (TPSA) is 97.6 Å². The highest BCUT2D eigenvalue weighted by molar-refractivity contribution is 5.85. The Morgan fingerprint density at radius 3 is 2.83 bits per heavy atom. The molecule has 0 aliphatic rings. The average Bonchev–Trinajstić information content (AvgIpc) is 3.03. The van der Waals surface area contributed by atoms with Crippen molar-refractivity contribution in [1.82, 2.24) is 20.4 Å². The van der Waals surface area contributed by atoms with E-state index >= 15 is 0 Å². The molecule has 2 amide bonds. The van der Waals surface area contributed by atoms with Gasteiger partial charge in [-0.2, -0.15) is 0 Å². The minimum absolute atomic E-state index is 0.228. The summed E-state index contributed by atoms with van der Waals surface area (Å²) in [5.41, 5.74) is 1.29. The van der Waals surface area contributed by atoms with E-state index in [2.05, 4.69) is 20.2 Å². The van der Waals surface area contributed by atoms with Gasteiger partial charge in [-0.1, -0.05) is 11.2 Å². The van der Waals surface area contributed by atoms with Crippen LogP contribution in [0.2, 0.25) is 0 Å². The van der Waals surface area contributed by atoms with Crippen LogP contribution >= 0.6 is 0 Å². The number of ether oxygens (including phenoxy) is 1. The van der Waals surface area contributed by atoms with E-state index in [-0.39, 0.29) is 12.5 Å². The van der Waals surface area contributed by atoms with Crippen molar-refractivity contribution in [2.24, 2.45) is 0 Å². The predicted molar refractivity (Wildman–Crippen MR) is 81.2 cm³/mol. The maximum Gasteiger partial charge on any atom is 0.407 e. The van der Waals surface area contributed by atoms with Gasteiger partial charge in [0.25, 0.3) is 0 Å². The number of hydrogen-bond donors (Lipinski definition) is 1. The number of methoxy groups -OCH3 is 1. The molecule has 0 saturated carbocycles. The van der Waals surface area contributed by atoms with Crippen molar-refractivity contribution in [2.75, 3.05) is 14.2 Å². The molecular formula is C15H18N4O4. The molecule has 0 bridgehead atoms. The molecule has 0 aliphatic carbocycles. The summed E-state index contributed by atoms with van der Waals surface area (Å²) in [6.07, 6.45) is 1.01. The molecule has 8 heteroatoms. The van der Waals surface area contributed by atoms with Gasteiger partial charge in [-0.15, -0.1) is 0 Å². The van der Waals surface area contributed by atoms with Crippen LogP contribution in [-0.4, -0.2) is 47.2 Å². The lowest BCUT2D eigenvalue weighted by atomic mass is 10.2. The zero-order valence-electron chi connectivity index (χ0n) is 13.1. The zero-order chi connectivity index (χ0) is 16.8. The summed E-state index contributed by atoms with van der Waals surface area (Å²) >= 11 is 0. The van der Waals surface area contributed by atoms with E-state index in [1.165, 1.54) is 12.0 Å². The molecule has 23 heavy (non-hydrogen) atoms. The third-order valence-corrected chi connectivity index (χ3v) is 3.15. The molecule has 2 aromatic heterocycles. The van der Waals surface area contributed by atoms with Gasteiger partial charge < -0.3 is 19.5 Å². The molecule has 122 valence electrons. The van der Waals surface area contributed by atoms with Crippen molar-refractivity contribution in [3.63, 3.8) is 0 Å². The molecule has 1 N–H and O–H groups in total. The lowest BCUT2D eigenvalue weighted by molar-refractivity contribution is -0.132. The lowest BCUT2D eigenvalue weighted by Crippen LogP contribution is -2.45. The molecule has 2 heterocycles. The monoisotopic (exact) mass is 318 g/mol. The second-order valence-corrected chi connectivity index (χ2v) is 4.95. The fraction of sp³-hybridized carbons (Fsp3) is 0.333. The molecule has 0 radical (unpaired) electrons. The van der Waals surface area contributed by atoms with Crippen LogP contribution in [0.25, 0.3) is 11.4 Å². The molecule has 0 aromatic carbocycles. The van der Waals surface area contributed by atoms with E-state index in [1.54, 1.807) is 26.2 Å². The number of aromatic nitrogens is 2. The van der Waals surface area contributed by atoms with Crippen LogP contribution in [0.1, 0.15) is 12.7 Å². The summed E-state index contributed by atoms with van der Waals surface area (Å²) in [5.74, 6) is 0.248. The molecule has 8 nitrogen and oxygen atoms in total. The molecule has 0 fully saturated rings. The molecule has 1 atom stereocenters. The van der Waals surface area contributed by atoms with Crippen molar-refractivity contribution < 1.29 is 18.8 Å². The standard InChI is InChI=1S/C15H18N4O4/c1-10(17-15(21)22-3)14(20)19(2)9-11-8-13(18-23-11)12-6-4-5-7-16-12/h4-8,10H,9H2,1-3H3,(H,17,21)/t10-/m1/s1. The van der Waals surface area contributed by atoms with Crippen LogP contribution < -0.4 is 5.32 Å². The third-order valence-electron chi connectivity index (χ3n) is 3.15. The van der Waals surface area contributed by atoms with Crippen molar-refractivity contribution in [1.29, 1.82) is 0 Å². The van der Waals surface area contributed by atoms with E-state index in [0.717, 1.165) is 0 Å². The largest absolute Gasteiger partial charge is 0.453 e. The van der Waals surface area contributed by atoms with Crippen molar-refractivity contribution >= 4 is 12.0 Å². The number of pyridine rings is 1. The quantitative estimate of drug-likeness (QED) is 0.896. The van der Waals surface area contributed by atoms with Crippen LogP contribution in [-0.2, 0) is 16.1 Å². The maximum absolute atomic E-state index is 12.2. The average molecular weight is 318 g/mol. The normalized spacial score (nSPS) is 11.6. The van der Waals surface area contributed by atoms with E-state index in [4.69, 9.17) is 4.52 Å². The van der Waals surface area contributed by atoms with Crippen LogP contribution in [0.4, 0.5) is 4.79 Å². The van der Waals surface area contributed by atoms with Gasteiger partial charge in [0.15, 0.2) is 5.76 Å². The van der Waals surface area contributed by atoms with Crippen LogP contribution in [0.3, 0.4) is 0 Å². The van der Waals surface area contributed by atoms with Crippen molar-refractivity contribution in [3.05, 3.63) is 36.2 Å². The van der Waals surface area contributed by atoms with Crippen LogP contribution in [0.15, 0.2) is 35.0 Å². The highest BCUT2D eigenvalue weighted by Gasteiger charge is 2.21. The number of nitrogens with zero attached hydrogens (tertiary/aromatic N) is 3. The first-order chi connectivity index (χ1) is 11.0. The maximum atomic E-state index is 12.2. The Kier molecular flexibility index (Phi) is 5.29. The SMILES string of the molecule is COC(=O)N[C@H](C)C(=O)N(C)Cc1cc(-c2ccccn2)no1. The minimum atomic E-state index is -0.703. The number of carbonyl (C=O) groups excluding carboxylic acids is 2. The number of carbonyl (C=O) groups is 2. The Balaban J connectivity index is 1.98. The molecule has 2 aromatic rings. The number of hydrogen-bond acceptors (Lipinski definition) is 6. The molecule has 0 saturated heterocycles. The fourth-order valence-corrected chi connectivity index (χ4v) is 1.96. The van der Waals surface area contributed by atoms with Crippen molar-refractivity contribution in [3.8, 4) is 11.4 Å². The first kappa shape index (κ1) is 16.5. The second-order valence-electron chi connectivity index (χ2n) is 4.95. The summed E-state index contributed by atoms with van der Waals surface area (Å²) in [7, 11) is 2.85. The van der Waals surface area contributed by atoms with Gasteiger partial charge in [0.2, 0.25) is 5.91 Å². The summed E-state index contributed by atoms with van der Waals surface area (Å²) in [6.45, 7) is 1.81. The van der Waals surface area contributed by atoms with Gasteiger partial charge in [-0.25, -0.2) is 4.79 Å². The Bertz CT molecular complexity index is 671. The number of likely N-dealkylation sites (N-methyl/N-ethyl adjacent to an activating group) is 1. The lowest BCUT2D eigenvalue weighted by Gasteiger charge is -2.20. The van der Waals surface area contributed by atoms with Gasteiger partial charge in [0.05, 0.1) is 19.3 Å². The van der Waals surface area contributed by atoms with E-state index in [1.807, 2.05) is 18.2 Å². The highest BCUT2D eigenvalue weighted by Crippen LogP contribution is 2.17. The first-order valence-electron chi connectivity index (χ1n) is 6.97. The van der Waals surface area contributed by atoms with Crippen molar-refractivity contribution in [2.45, 2.75) is 19.5 Å². The number of rotatable bonds is 5. The Labute approximate surface area is 133 Å². The molecule has 0 aliphatic heterocycles. The molecule has 2 rings (SSSR count). The van der Waals surface area contributed by atoms with E-state index in [0.29, 0.717) is 17.1 Å². The summed E-state index contributed by atoms with van der Waals surface area (Å²) in [6, 6.07) is 6.51. The Morgan fingerprint density at radius 1 is 1.39 bits per heavy atom. The number of amides is 2. The predicted octanol–water partition coefficient (Wildman–Crippen LogP) is 1.44. The van der Waals surface area contributed by atoms with Gasteiger partial charge in [-0.3, -0.25) is 9.78 Å². The number of alkyl carbamates (subject to hydrolysis) is 1. The molecule has 0 spiro atoms. The van der Waals surface area contributed by atoms with E-state index < -0.39 is 12.1 Å². The second kappa shape index (κ2) is 7.39.